The molecule has 8 nitrogen and oxygen atoms in total. The highest BCUT2D eigenvalue weighted by Gasteiger charge is 2.29. The number of hydrogen-bond acceptors (Lipinski definition) is 5. The van der Waals surface area contributed by atoms with E-state index in [1.54, 1.807) is 36.2 Å². The van der Waals surface area contributed by atoms with Crippen molar-refractivity contribution in [2.24, 2.45) is 0 Å². The molecule has 0 aliphatic carbocycles. The molecule has 1 aromatic heterocycles. The number of nitrogens with one attached hydrogen (secondary N) is 1. The van der Waals surface area contributed by atoms with Gasteiger partial charge in [-0.05, 0) is 47.9 Å². The number of hydrogen-bond donors (Lipinski definition) is 1. The van der Waals surface area contributed by atoms with Crippen LogP contribution in [0.25, 0.3) is 0 Å². The fourth-order valence-corrected chi connectivity index (χ4v) is 5.42. The average molecular weight is 565 g/mol. The van der Waals surface area contributed by atoms with Crippen LogP contribution >= 0.6 is 0 Å². The Morgan fingerprint density at radius 1 is 0.881 bits per heavy atom. The second kappa shape index (κ2) is 13.2. The topological polar surface area (TPSA) is 86.1 Å². The van der Waals surface area contributed by atoms with E-state index in [2.05, 4.69) is 10.2 Å². The van der Waals surface area contributed by atoms with Gasteiger partial charge in [-0.25, -0.2) is 0 Å². The Kier molecular flexibility index (Phi) is 9.02. The fraction of sp³-hybridized carbons (Fsp3) is 0.265. The molecule has 5 rings (SSSR count). The summed E-state index contributed by atoms with van der Waals surface area (Å²) in [5.41, 5.74) is 3.82. The van der Waals surface area contributed by atoms with E-state index in [1.165, 1.54) is 6.26 Å². The summed E-state index contributed by atoms with van der Waals surface area (Å²) in [6.07, 6.45) is 2.18. The average Bonchev–Trinajstić information content (AvgIpc) is 3.58. The summed E-state index contributed by atoms with van der Waals surface area (Å²) < 4.78 is 5.22. The molecule has 3 amide bonds. The van der Waals surface area contributed by atoms with Gasteiger partial charge in [-0.3, -0.25) is 14.4 Å². The Morgan fingerprint density at radius 2 is 1.57 bits per heavy atom. The number of anilines is 2. The van der Waals surface area contributed by atoms with Crippen LogP contribution in [0, 0.1) is 0 Å². The van der Waals surface area contributed by atoms with Crippen molar-refractivity contribution in [3.63, 3.8) is 0 Å². The lowest BCUT2D eigenvalue weighted by atomic mass is 9.94. The summed E-state index contributed by atoms with van der Waals surface area (Å²) in [4.78, 5) is 45.7. The monoisotopic (exact) mass is 564 g/mol. The molecule has 0 bridgehead atoms. The van der Waals surface area contributed by atoms with Crippen LogP contribution < -0.4 is 10.2 Å². The van der Waals surface area contributed by atoms with E-state index in [9.17, 15) is 14.4 Å². The van der Waals surface area contributed by atoms with Crippen LogP contribution in [0.3, 0.4) is 0 Å². The number of furan rings is 1. The smallest absolute Gasteiger partial charge is 0.291 e. The molecule has 3 aromatic carbocycles. The molecule has 0 spiro atoms. The largest absolute Gasteiger partial charge is 0.459 e. The van der Waals surface area contributed by atoms with Gasteiger partial charge in [0.15, 0.2) is 5.76 Å². The van der Waals surface area contributed by atoms with E-state index in [0.29, 0.717) is 44.0 Å². The second-order valence-electron chi connectivity index (χ2n) is 10.5. The number of nitrogens with zero attached hydrogens (tertiary/aromatic N) is 3. The molecule has 42 heavy (non-hydrogen) atoms. The summed E-state index contributed by atoms with van der Waals surface area (Å²) in [6.45, 7) is 4.80. The molecule has 1 fully saturated rings. The predicted molar refractivity (Wildman–Crippen MR) is 164 cm³/mol. The minimum absolute atomic E-state index is 0.137. The fourth-order valence-electron chi connectivity index (χ4n) is 5.42. The van der Waals surface area contributed by atoms with Crippen LogP contribution in [0.2, 0.25) is 0 Å². The maximum Gasteiger partial charge on any atom is 0.291 e. The number of carbonyl (C=O) groups is 3. The van der Waals surface area contributed by atoms with Crippen molar-refractivity contribution in [2.75, 3.05) is 43.4 Å². The van der Waals surface area contributed by atoms with E-state index < -0.39 is 0 Å². The van der Waals surface area contributed by atoms with Crippen LogP contribution in [-0.4, -0.2) is 60.7 Å². The Hall–Kier alpha value is -4.85. The van der Waals surface area contributed by atoms with Crippen molar-refractivity contribution in [2.45, 2.75) is 25.8 Å². The molecule has 216 valence electrons. The van der Waals surface area contributed by atoms with Crippen molar-refractivity contribution in [1.82, 2.24) is 9.80 Å². The quantitative estimate of drug-likeness (QED) is 0.284. The zero-order valence-corrected chi connectivity index (χ0v) is 24.0. The van der Waals surface area contributed by atoms with Gasteiger partial charge >= 0.3 is 0 Å². The minimum Gasteiger partial charge on any atom is -0.459 e. The van der Waals surface area contributed by atoms with Gasteiger partial charge in [0.25, 0.3) is 11.8 Å². The van der Waals surface area contributed by atoms with Gasteiger partial charge in [-0.15, -0.1) is 0 Å². The Bertz CT molecular complexity index is 1500. The maximum absolute atomic E-state index is 13.8. The highest BCUT2D eigenvalue weighted by atomic mass is 16.3. The van der Waals surface area contributed by atoms with Gasteiger partial charge in [-0.2, -0.15) is 0 Å². The van der Waals surface area contributed by atoms with Crippen LogP contribution in [0.4, 0.5) is 11.4 Å². The second-order valence-corrected chi connectivity index (χ2v) is 10.5. The molecule has 1 saturated heterocycles. The zero-order chi connectivity index (χ0) is 29.5. The molecule has 1 aliphatic rings. The van der Waals surface area contributed by atoms with Crippen molar-refractivity contribution in [3.05, 3.63) is 120 Å². The SMILES string of the molecule is CCC(C(=O)N1CCN(c2ccc(NC(=O)c3ccco3)cc2C(=O)N(C)Cc2ccccc2)CC1)c1ccccc1. The third kappa shape index (κ3) is 6.54. The normalized spacial score (nSPS) is 13.9. The summed E-state index contributed by atoms with van der Waals surface area (Å²) in [5.74, 6) is -0.386. The van der Waals surface area contributed by atoms with Crippen molar-refractivity contribution >= 4 is 29.1 Å². The van der Waals surface area contributed by atoms with Crippen molar-refractivity contribution in [3.8, 4) is 0 Å². The van der Waals surface area contributed by atoms with Crippen LogP contribution in [0.15, 0.2) is 102 Å². The molecule has 8 heteroatoms. The Balaban J connectivity index is 1.35. The molecule has 1 N–H and O–H groups in total. The van der Waals surface area contributed by atoms with Gasteiger partial charge < -0.3 is 24.4 Å². The number of benzene rings is 3. The van der Waals surface area contributed by atoms with Gasteiger partial charge in [-0.1, -0.05) is 67.6 Å². The van der Waals surface area contributed by atoms with Gasteiger partial charge in [0.1, 0.15) is 0 Å². The third-order valence-electron chi connectivity index (χ3n) is 7.68. The molecule has 2 heterocycles. The molecule has 1 unspecified atom stereocenters. The Morgan fingerprint density at radius 3 is 2.21 bits per heavy atom. The van der Waals surface area contributed by atoms with E-state index in [1.807, 2.05) is 78.6 Å². The van der Waals surface area contributed by atoms with Crippen molar-refractivity contribution in [1.29, 1.82) is 0 Å². The zero-order valence-electron chi connectivity index (χ0n) is 24.0. The molecule has 4 aromatic rings. The molecule has 0 radical (unpaired) electrons. The maximum atomic E-state index is 13.8. The number of amides is 3. The van der Waals surface area contributed by atoms with E-state index >= 15 is 0 Å². The third-order valence-corrected chi connectivity index (χ3v) is 7.68. The highest BCUT2D eigenvalue weighted by Crippen LogP contribution is 2.29. The van der Waals surface area contributed by atoms with Crippen LogP contribution in [-0.2, 0) is 11.3 Å². The van der Waals surface area contributed by atoms with Gasteiger partial charge in [0, 0.05) is 51.1 Å². The lowest BCUT2D eigenvalue weighted by molar-refractivity contribution is -0.133. The van der Waals surface area contributed by atoms with Crippen LogP contribution in [0.5, 0.6) is 0 Å². The van der Waals surface area contributed by atoms with Crippen molar-refractivity contribution < 1.29 is 18.8 Å². The Labute approximate surface area is 246 Å². The van der Waals surface area contributed by atoms with E-state index in [-0.39, 0.29) is 29.4 Å². The molecular weight excluding hydrogens is 528 g/mol. The lowest BCUT2D eigenvalue weighted by Gasteiger charge is -2.38. The molecule has 1 atom stereocenters. The summed E-state index contributed by atoms with van der Waals surface area (Å²) in [7, 11) is 1.78. The standard InChI is InChI=1S/C34H36N4O4/c1-3-28(26-13-8-5-9-14-26)34(41)38-20-18-37(19-21-38)30-17-16-27(35-32(39)31-15-10-22-42-31)23-29(30)33(40)36(2)24-25-11-6-4-7-12-25/h4-17,22-23,28H,3,18-21,24H2,1-2H3,(H,35,39). The summed E-state index contributed by atoms with van der Waals surface area (Å²) in [5, 5.41) is 2.84. The first kappa shape index (κ1) is 28.7. The highest BCUT2D eigenvalue weighted by molar-refractivity contribution is 6.05. The summed E-state index contributed by atoms with van der Waals surface area (Å²) in [6, 6.07) is 28.4. The lowest BCUT2D eigenvalue weighted by Crippen LogP contribution is -2.50. The molecular formula is C34H36N4O4. The first-order valence-electron chi connectivity index (χ1n) is 14.3. The first-order valence-corrected chi connectivity index (χ1v) is 14.3. The number of carbonyl (C=O) groups excluding carboxylic acids is 3. The minimum atomic E-state index is -0.389. The van der Waals surface area contributed by atoms with Crippen LogP contribution in [0.1, 0.15) is 51.3 Å². The molecule has 0 saturated carbocycles. The van der Waals surface area contributed by atoms with Gasteiger partial charge in [0.2, 0.25) is 5.91 Å². The number of piperazine rings is 1. The van der Waals surface area contributed by atoms with E-state index in [4.69, 9.17) is 4.42 Å². The summed E-state index contributed by atoms with van der Waals surface area (Å²) >= 11 is 0. The number of rotatable bonds is 9. The molecule has 1 aliphatic heterocycles. The first-order chi connectivity index (χ1) is 20.4. The van der Waals surface area contributed by atoms with E-state index in [0.717, 1.165) is 23.2 Å². The predicted octanol–water partition coefficient (Wildman–Crippen LogP) is 5.65. The van der Waals surface area contributed by atoms with Gasteiger partial charge in [0.05, 0.1) is 17.7 Å².